The number of nitrogens with two attached hydrogens (primary N) is 1. The van der Waals surface area contributed by atoms with Gasteiger partial charge in [-0.3, -0.25) is 14.5 Å². The van der Waals surface area contributed by atoms with Crippen molar-refractivity contribution >= 4 is 39.5 Å². The lowest BCUT2D eigenvalue weighted by atomic mass is 9.75. The summed E-state index contributed by atoms with van der Waals surface area (Å²) >= 11 is 6.46. The largest absolute Gasteiger partial charge is 0.463 e. The molecule has 7 rings (SSSR count). The number of esters is 1. The van der Waals surface area contributed by atoms with Crippen LogP contribution in [0.5, 0.6) is 0 Å². The summed E-state index contributed by atoms with van der Waals surface area (Å²) in [5.74, 6) is -6.81. The van der Waals surface area contributed by atoms with Crippen LogP contribution >= 0.6 is 11.6 Å². The van der Waals surface area contributed by atoms with Gasteiger partial charge in [-0.15, -0.1) is 0 Å². The second-order valence-corrected chi connectivity index (χ2v) is 18.8. The zero-order valence-electron chi connectivity index (χ0n) is 31.8. The highest BCUT2D eigenvalue weighted by atomic mass is 35.5. The molecule has 0 unspecified atom stereocenters. The Labute approximate surface area is 335 Å². The standard InChI is InChI=1S/C38H40ClF5N8O5S/c1-35(2,3)19-38(23-6-9-25(27(40)14-23)22-16-47-50(17-22)58(55,56)24-7-8-24)33(54)51(34(45)49-38)29(18-57-30(53)15-37(11-12-37)36(4,43)44)21-5-10-26(39)28(13-21)52-32(31(41)42)46-20-48-52/h5-6,9-10,13-14,16-17,20,24,29,31H,7-8,11-12,15,18-19H2,1-4H3,(H2,45,49)/t29-,38-/m1/s1. The highest BCUT2D eigenvalue weighted by molar-refractivity contribution is 7.90. The number of hydrogen-bond acceptors (Lipinski definition) is 10. The Morgan fingerprint density at radius 1 is 1.09 bits per heavy atom. The van der Waals surface area contributed by atoms with Gasteiger partial charge in [0.05, 0.1) is 40.8 Å². The number of carbonyl (C=O) groups excluding carboxylic acids is 2. The number of aliphatic imine (C=N–C) groups is 1. The van der Waals surface area contributed by atoms with Gasteiger partial charge in [0.1, 0.15) is 18.8 Å². The molecule has 3 aliphatic rings. The molecule has 0 spiro atoms. The predicted octanol–water partition coefficient (Wildman–Crippen LogP) is 7.10. The lowest BCUT2D eigenvalue weighted by Gasteiger charge is -2.35. The van der Waals surface area contributed by atoms with Crippen LogP contribution in [0.15, 0.2) is 60.1 Å². The van der Waals surface area contributed by atoms with Gasteiger partial charge in [-0.25, -0.2) is 45.0 Å². The molecule has 3 heterocycles. The Balaban J connectivity index is 1.28. The van der Waals surface area contributed by atoms with Crippen molar-refractivity contribution in [1.29, 1.82) is 0 Å². The Hall–Kier alpha value is -4.91. The van der Waals surface area contributed by atoms with Crippen LogP contribution < -0.4 is 5.73 Å². The summed E-state index contributed by atoms with van der Waals surface area (Å²) in [7, 11) is -3.73. The molecule has 2 fully saturated rings. The van der Waals surface area contributed by atoms with Gasteiger partial charge in [0.25, 0.3) is 28.3 Å². The van der Waals surface area contributed by atoms with Crippen LogP contribution in [-0.2, 0) is 29.9 Å². The molecule has 58 heavy (non-hydrogen) atoms. The van der Waals surface area contributed by atoms with Crippen LogP contribution in [-0.4, -0.2) is 72.9 Å². The maximum Gasteiger partial charge on any atom is 0.306 e. The molecule has 2 aromatic carbocycles. The van der Waals surface area contributed by atoms with E-state index in [1.165, 1.54) is 42.7 Å². The third kappa shape index (κ3) is 7.57. The van der Waals surface area contributed by atoms with E-state index in [1.807, 2.05) is 20.8 Å². The van der Waals surface area contributed by atoms with Crippen LogP contribution in [0.3, 0.4) is 0 Å². The molecule has 2 aliphatic carbocycles. The van der Waals surface area contributed by atoms with Crippen LogP contribution in [0.25, 0.3) is 16.8 Å². The molecule has 2 N–H and O–H groups in total. The molecule has 4 aromatic rings. The van der Waals surface area contributed by atoms with Crippen LogP contribution in [0.2, 0.25) is 5.02 Å². The summed E-state index contributed by atoms with van der Waals surface area (Å²) in [6.45, 7) is 5.59. The molecule has 310 valence electrons. The first-order chi connectivity index (χ1) is 27.1. The fourth-order valence-electron chi connectivity index (χ4n) is 7.41. The van der Waals surface area contributed by atoms with E-state index in [0.29, 0.717) is 12.8 Å². The van der Waals surface area contributed by atoms with E-state index in [-0.39, 0.29) is 58.2 Å². The SMILES string of the molecule is CC(C)(C)C[C@]1(c2ccc(-c3cnn(S(=O)(=O)C4CC4)c3)c(F)c2)N=C(N)N([C@H](COC(=O)CC2(C(C)(F)F)CC2)c2ccc(Cl)c(-n3ncnc3C(F)F)c2)C1=O. The number of guanidine groups is 1. The summed E-state index contributed by atoms with van der Waals surface area (Å²) < 4.78 is 106. The van der Waals surface area contributed by atoms with Crippen LogP contribution in [0.1, 0.15) is 95.6 Å². The van der Waals surface area contributed by atoms with E-state index < -0.39 is 86.6 Å². The average molecular weight is 851 g/mol. The Morgan fingerprint density at radius 3 is 2.40 bits per heavy atom. The summed E-state index contributed by atoms with van der Waals surface area (Å²) in [6, 6.07) is 6.73. The number of aromatic nitrogens is 5. The van der Waals surface area contributed by atoms with E-state index >= 15 is 9.18 Å². The minimum absolute atomic E-state index is 0.00649. The quantitative estimate of drug-likeness (QED) is 0.103. The monoisotopic (exact) mass is 850 g/mol. The van der Waals surface area contributed by atoms with E-state index in [0.717, 1.165) is 33.0 Å². The molecular formula is C38H40ClF5N8O5S. The highest BCUT2D eigenvalue weighted by Crippen LogP contribution is 2.59. The third-order valence-electron chi connectivity index (χ3n) is 10.8. The first kappa shape index (κ1) is 41.3. The van der Waals surface area contributed by atoms with Crippen LogP contribution in [0, 0.1) is 16.6 Å². The van der Waals surface area contributed by atoms with Gasteiger partial charge < -0.3 is 10.5 Å². The van der Waals surface area contributed by atoms with Crippen molar-refractivity contribution in [1.82, 2.24) is 28.9 Å². The number of halogens is 6. The smallest absolute Gasteiger partial charge is 0.306 e. The molecule has 13 nitrogen and oxygen atoms in total. The summed E-state index contributed by atoms with van der Waals surface area (Å²) in [6.07, 6.45) is 0.911. The van der Waals surface area contributed by atoms with Crippen molar-refractivity contribution < 1.29 is 44.7 Å². The van der Waals surface area contributed by atoms with Gasteiger partial charge in [0, 0.05) is 16.5 Å². The summed E-state index contributed by atoms with van der Waals surface area (Å²) in [5.41, 5.74) is 2.85. The Morgan fingerprint density at radius 2 is 1.79 bits per heavy atom. The molecule has 0 saturated heterocycles. The van der Waals surface area contributed by atoms with Gasteiger partial charge in [-0.05, 0) is 73.8 Å². The highest BCUT2D eigenvalue weighted by Gasteiger charge is 2.60. The average Bonchev–Trinajstić information content (AvgIpc) is 4.01. The van der Waals surface area contributed by atoms with E-state index in [9.17, 15) is 30.8 Å². The topological polar surface area (TPSA) is 168 Å². The summed E-state index contributed by atoms with van der Waals surface area (Å²) in [4.78, 5) is 37.6. The zero-order valence-corrected chi connectivity index (χ0v) is 33.4. The fraction of sp³-hybridized carbons (Fsp3) is 0.474. The number of alkyl halides is 4. The van der Waals surface area contributed by atoms with E-state index in [2.05, 4.69) is 20.2 Å². The van der Waals surface area contributed by atoms with Crippen molar-refractivity contribution in [2.45, 2.75) is 95.4 Å². The molecule has 2 saturated carbocycles. The first-order valence-corrected chi connectivity index (χ1v) is 20.2. The van der Waals surface area contributed by atoms with Gasteiger partial charge >= 0.3 is 5.97 Å². The Kier molecular flexibility index (Phi) is 10.3. The lowest BCUT2D eigenvalue weighted by molar-refractivity contribution is -0.153. The lowest BCUT2D eigenvalue weighted by Crippen LogP contribution is -2.47. The van der Waals surface area contributed by atoms with E-state index in [4.69, 9.17) is 22.1 Å². The number of ether oxygens (including phenoxy) is 1. The molecule has 20 heteroatoms. The fourth-order valence-corrected chi connectivity index (χ4v) is 9.08. The zero-order chi connectivity index (χ0) is 42.2. The minimum atomic E-state index is -3.73. The van der Waals surface area contributed by atoms with Crippen molar-refractivity contribution in [3.8, 4) is 16.8 Å². The predicted molar refractivity (Wildman–Crippen MR) is 201 cm³/mol. The molecule has 2 atom stereocenters. The normalized spacial score (nSPS) is 20.1. The van der Waals surface area contributed by atoms with Crippen molar-refractivity contribution in [3.05, 3.63) is 82.9 Å². The second kappa shape index (κ2) is 14.4. The molecule has 2 aromatic heterocycles. The molecule has 1 amide bonds. The van der Waals surface area contributed by atoms with Gasteiger partial charge in [0.2, 0.25) is 0 Å². The first-order valence-electron chi connectivity index (χ1n) is 18.4. The molecule has 0 radical (unpaired) electrons. The molecule has 0 bridgehead atoms. The summed E-state index contributed by atoms with van der Waals surface area (Å²) in [5, 5.41) is 7.26. The number of amides is 1. The minimum Gasteiger partial charge on any atom is -0.463 e. The Bertz CT molecular complexity index is 2420. The third-order valence-corrected chi connectivity index (χ3v) is 13.1. The maximum absolute atomic E-state index is 16.2. The molecular weight excluding hydrogens is 811 g/mol. The number of carbonyl (C=O) groups is 2. The van der Waals surface area contributed by atoms with Gasteiger partial charge in [-0.1, -0.05) is 50.6 Å². The van der Waals surface area contributed by atoms with Crippen molar-refractivity contribution in [2.24, 2.45) is 21.6 Å². The van der Waals surface area contributed by atoms with E-state index in [1.54, 1.807) is 0 Å². The van der Waals surface area contributed by atoms with Crippen LogP contribution in [0.4, 0.5) is 22.0 Å². The van der Waals surface area contributed by atoms with Crippen molar-refractivity contribution in [2.75, 3.05) is 6.61 Å². The number of rotatable bonds is 14. The van der Waals surface area contributed by atoms with Gasteiger partial charge in [0.15, 0.2) is 17.3 Å². The van der Waals surface area contributed by atoms with Crippen molar-refractivity contribution in [3.63, 3.8) is 0 Å². The molecule has 1 aliphatic heterocycles. The number of benzene rings is 2. The number of nitrogens with zero attached hydrogens (tertiary/aromatic N) is 7. The maximum atomic E-state index is 16.2. The number of hydrogen-bond donors (Lipinski definition) is 1. The van der Waals surface area contributed by atoms with Gasteiger partial charge in [-0.2, -0.15) is 14.3 Å². The second-order valence-electron chi connectivity index (χ2n) is 16.4.